The van der Waals surface area contributed by atoms with Crippen LogP contribution in [0.2, 0.25) is 5.02 Å². The number of carbonyl (C=O) groups is 1. The number of fused-ring (bicyclic) bond motifs is 1. The molecule has 1 aromatic carbocycles. The Morgan fingerprint density at radius 1 is 1.38 bits per heavy atom. The highest BCUT2D eigenvalue weighted by Crippen LogP contribution is 2.38. The lowest BCUT2D eigenvalue weighted by Crippen LogP contribution is -2.33. The second kappa shape index (κ2) is 6.54. The molecule has 1 amide bonds. The average Bonchev–Trinajstić information content (AvgIpc) is 3.01. The number of rotatable bonds is 4. The Kier molecular flexibility index (Phi) is 4.51. The van der Waals surface area contributed by atoms with Gasteiger partial charge in [-0.15, -0.1) is 0 Å². The maximum absolute atomic E-state index is 11.9. The minimum absolute atomic E-state index is 0.105. The first kappa shape index (κ1) is 14.5. The number of hydrogen-bond acceptors (Lipinski definition) is 4. The van der Waals surface area contributed by atoms with Crippen molar-refractivity contribution in [1.29, 1.82) is 0 Å². The topological polar surface area (TPSA) is 59.6 Å². The second-order valence-corrected chi connectivity index (χ2v) is 5.74. The highest BCUT2D eigenvalue weighted by molar-refractivity contribution is 6.32. The Morgan fingerprint density at radius 2 is 2.24 bits per heavy atom. The van der Waals surface area contributed by atoms with Gasteiger partial charge in [-0.3, -0.25) is 4.79 Å². The molecule has 114 valence electrons. The van der Waals surface area contributed by atoms with E-state index in [4.69, 9.17) is 21.1 Å². The molecule has 0 aromatic heterocycles. The summed E-state index contributed by atoms with van der Waals surface area (Å²) >= 11 is 6.19. The van der Waals surface area contributed by atoms with E-state index < -0.39 is 0 Å². The van der Waals surface area contributed by atoms with Gasteiger partial charge in [-0.2, -0.15) is 0 Å². The van der Waals surface area contributed by atoms with Crippen molar-refractivity contribution in [2.24, 2.45) is 5.92 Å². The molecule has 1 aromatic rings. The van der Waals surface area contributed by atoms with E-state index in [0.29, 0.717) is 36.3 Å². The molecule has 2 N–H and O–H groups in total. The summed E-state index contributed by atoms with van der Waals surface area (Å²) in [6.45, 7) is 3.37. The van der Waals surface area contributed by atoms with Crippen LogP contribution in [0, 0.1) is 5.92 Å². The summed E-state index contributed by atoms with van der Waals surface area (Å²) in [5.41, 5.74) is 1.04. The first-order chi connectivity index (χ1) is 10.2. The average molecular weight is 311 g/mol. The lowest BCUT2D eigenvalue weighted by molar-refractivity contribution is -0.124. The van der Waals surface area contributed by atoms with E-state index in [1.54, 1.807) is 0 Å². The Morgan fingerprint density at radius 3 is 3.05 bits per heavy atom. The van der Waals surface area contributed by atoms with Crippen molar-refractivity contribution < 1.29 is 14.3 Å². The maximum Gasteiger partial charge on any atom is 0.224 e. The summed E-state index contributed by atoms with van der Waals surface area (Å²) in [7, 11) is 0. The van der Waals surface area contributed by atoms with Crippen LogP contribution in [0.25, 0.3) is 0 Å². The van der Waals surface area contributed by atoms with E-state index >= 15 is 0 Å². The molecule has 3 rings (SSSR count). The number of nitrogens with one attached hydrogen (secondary N) is 2. The minimum Gasteiger partial charge on any atom is -0.486 e. The van der Waals surface area contributed by atoms with E-state index in [1.807, 2.05) is 12.1 Å². The van der Waals surface area contributed by atoms with Crippen LogP contribution in [0.15, 0.2) is 12.1 Å². The van der Waals surface area contributed by atoms with Crippen LogP contribution < -0.4 is 20.1 Å². The van der Waals surface area contributed by atoms with E-state index in [2.05, 4.69) is 10.6 Å². The molecule has 0 radical (unpaired) electrons. The predicted molar refractivity (Wildman–Crippen MR) is 80.1 cm³/mol. The number of hydrogen-bond donors (Lipinski definition) is 2. The number of carbonyl (C=O) groups excluding carboxylic acids is 1. The van der Waals surface area contributed by atoms with Gasteiger partial charge in [0.15, 0.2) is 11.5 Å². The largest absolute Gasteiger partial charge is 0.486 e. The van der Waals surface area contributed by atoms with Crippen molar-refractivity contribution in [3.05, 3.63) is 22.7 Å². The SMILES string of the molecule is O=C(NCCc1cc(Cl)c2c(c1)OCCO2)C1CCNC1. The lowest BCUT2D eigenvalue weighted by atomic mass is 10.1. The van der Waals surface area contributed by atoms with Crippen molar-refractivity contribution in [2.45, 2.75) is 12.8 Å². The fraction of sp³-hybridized carbons (Fsp3) is 0.533. The Bertz CT molecular complexity index is 530. The van der Waals surface area contributed by atoms with Crippen molar-refractivity contribution in [3.63, 3.8) is 0 Å². The van der Waals surface area contributed by atoms with Gasteiger partial charge >= 0.3 is 0 Å². The fourth-order valence-corrected chi connectivity index (χ4v) is 2.95. The zero-order valence-electron chi connectivity index (χ0n) is 11.8. The molecule has 1 fully saturated rings. The molecule has 0 aliphatic carbocycles. The molecule has 1 unspecified atom stereocenters. The first-order valence-corrected chi connectivity index (χ1v) is 7.68. The summed E-state index contributed by atoms with van der Waals surface area (Å²) < 4.78 is 11.0. The lowest BCUT2D eigenvalue weighted by Gasteiger charge is -2.20. The molecule has 0 spiro atoms. The van der Waals surface area contributed by atoms with Gasteiger partial charge in [0.1, 0.15) is 13.2 Å². The van der Waals surface area contributed by atoms with Crippen molar-refractivity contribution >= 4 is 17.5 Å². The van der Waals surface area contributed by atoms with Gasteiger partial charge < -0.3 is 20.1 Å². The van der Waals surface area contributed by atoms with Crippen molar-refractivity contribution in [2.75, 3.05) is 32.8 Å². The second-order valence-electron chi connectivity index (χ2n) is 5.33. The van der Waals surface area contributed by atoms with Crippen LogP contribution in [0.4, 0.5) is 0 Å². The third kappa shape index (κ3) is 3.41. The van der Waals surface area contributed by atoms with Crippen LogP contribution in [0.1, 0.15) is 12.0 Å². The number of amides is 1. The van der Waals surface area contributed by atoms with Gasteiger partial charge in [-0.25, -0.2) is 0 Å². The molecular weight excluding hydrogens is 292 g/mol. The molecule has 21 heavy (non-hydrogen) atoms. The highest BCUT2D eigenvalue weighted by atomic mass is 35.5. The molecule has 5 nitrogen and oxygen atoms in total. The van der Waals surface area contributed by atoms with Crippen LogP contribution >= 0.6 is 11.6 Å². The van der Waals surface area contributed by atoms with Gasteiger partial charge in [0, 0.05) is 13.1 Å². The number of halogens is 1. The van der Waals surface area contributed by atoms with E-state index in [0.717, 1.165) is 31.5 Å². The summed E-state index contributed by atoms with van der Waals surface area (Å²) in [5.74, 6) is 1.54. The molecule has 6 heteroatoms. The van der Waals surface area contributed by atoms with Gasteiger partial charge in [-0.1, -0.05) is 11.6 Å². The van der Waals surface area contributed by atoms with E-state index in [-0.39, 0.29) is 11.8 Å². The van der Waals surface area contributed by atoms with Gasteiger partial charge in [0.05, 0.1) is 10.9 Å². The van der Waals surface area contributed by atoms with Crippen LogP contribution in [0.3, 0.4) is 0 Å². The monoisotopic (exact) mass is 310 g/mol. The first-order valence-electron chi connectivity index (χ1n) is 7.30. The molecule has 0 saturated carbocycles. The Labute approximate surface area is 128 Å². The zero-order chi connectivity index (χ0) is 14.7. The smallest absolute Gasteiger partial charge is 0.224 e. The van der Waals surface area contributed by atoms with Gasteiger partial charge in [-0.05, 0) is 37.1 Å². The Balaban J connectivity index is 1.55. The molecular formula is C15H19ClN2O3. The fourth-order valence-electron chi connectivity index (χ4n) is 2.66. The van der Waals surface area contributed by atoms with Gasteiger partial charge in [0.2, 0.25) is 5.91 Å². The Hall–Kier alpha value is -1.46. The van der Waals surface area contributed by atoms with Crippen LogP contribution in [-0.2, 0) is 11.2 Å². The zero-order valence-corrected chi connectivity index (χ0v) is 12.5. The molecule has 2 heterocycles. The summed E-state index contributed by atoms with van der Waals surface area (Å²) in [6, 6.07) is 3.81. The maximum atomic E-state index is 11.9. The number of ether oxygens (including phenoxy) is 2. The summed E-state index contributed by atoms with van der Waals surface area (Å²) in [6.07, 6.45) is 1.64. The standard InChI is InChI=1S/C15H19ClN2O3/c16-12-7-10(8-13-14(12)21-6-5-20-13)1-4-18-15(19)11-2-3-17-9-11/h7-8,11,17H,1-6,9H2,(H,18,19). The van der Waals surface area contributed by atoms with E-state index in [1.165, 1.54) is 0 Å². The molecule has 1 saturated heterocycles. The molecule has 0 bridgehead atoms. The van der Waals surface area contributed by atoms with E-state index in [9.17, 15) is 4.79 Å². The van der Waals surface area contributed by atoms with Crippen molar-refractivity contribution in [1.82, 2.24) is 10.6 Å². The van der Waals surface area contributed by atoms with Crippen molar-refractivity contribution in [3.8, 4) is 11.5 Å². The minimum atomic E-state index is 0.105. The van der Waals surface area contributed by atoms with Crippen LogP contribution in [-0.4, -0.2) is 38.8 Å². The summed E-state index contributed by atoms with van der Waals surface area (Å²) in [5, 5.41) is 6.74. The summed E-state index contributed by atoms with van der Waals surface area (Å²) in [4.78, 5) is 11.9. The third-order valence-electron chi connectivity index (χ3n) is 3.80. The predicted octanol–water partition coefficient (Wildman–Crippen LogP) is 1.38. The third-order valence-corrected chi connectivity index (χ3v) is 4.08. The quantitative estimate of drug-likeness (QED) is 0.882. The van der Waals surface area contributed by atoms with Gasteiger partial charge in [0.25, 0.3) is 0 Å². The number of benzene rings is 1. The molecule has 2 aliphatic rings. The molecule has 1 atom stereocenters. The molecule has 2 aliphatic heterocycles. The highest BCUT2D eigenvalue weighted by Gasteiger charge is 2.22. The van der Waals surface area contributed by atoms with Crippen LogP contribution in [0.5, 0.6) is 11.5 Å². The normalized spacial score (nSPS) is 20.3.